The predicted molar refractivity (Wildman–Crippen MR) is 232 cm³/mol. The lowest BCUT2D eigenvalue weighted by molar-refractivity contribution is 0.0395. The summed E-state index contributed by atoms with van der Waals surface area (Å²) in [6.45, 7) is 34.5. The Morgan fingerprint density at radius 3 is 2.00 bits per heavy atom. The fourth-order valence-corrected chi connectivity index (χ4v) is 12.7. The number of anilines is 2. The van der Waals surface area contributed by atoms with Gasteiger partial charge in [0.2, 0.25) is 0 Å². The van der Waals surface area contributed by atoms with Crippen LogP contribution in [0.3, 0.4) is 0 Å². The van der Waals surface area contributed by atoms with Crippen molar-refractivity contribution in [3.63, 3.8) is 0 Å². The summed E-state index contributed by atoms with van der Waals surface area (Å²) >= 11 is 0. The van der Waals surface area contributed by atoms with Crippen LogP contribution in [0.1, 0.15) is 157 Å². The molecule has 54 heavy (non-hydrogen) atoms. The molecule has 0 amide bonds. The van der Waals surface area contributed by atoms with Crippen molar-refractivity contribution in [2.45, 2.75) is 159 Å². The Hall–Kier alpha value is -3.20. The van der Waals surface area contributed by atoms with Gasteiger partial charge < -0.3 is 9.32 Å². The maximum atomic E-state index is 7.24. The van der Waals surface area contributed by atoms with Gasteiger partial charge in [-0.15, -0.1) is 0 Å². The van der Waals surface area contributed by atoms with E-state index in [0.29, 0.717) is 0 Å². The third-order valence-electron chi connectivity index (χ3n) is 16.4. The van der Waals surface area contributed by atoms with Crippen molar-refractivity contribution in [2.75, 3.05) is 4.90 Å². The zero-order valence-electron chi connectivity index (χ0n) is 36.2. The SMILES string of the molecule is Cc1ccc2c(c1)N(C1C=C3C(=CC1)C(C)(C)CCC3(C)C)c1cc3c(cc1B2c1cc2c(o1)C=C1C(C)(C)CCC(C)(C)C1(C)C2)C(C)(C)CC3(C)C. The Bertz CT molecular complexity index is 2210. The molecule has 2 unspecified atom stereocenters. The van der Waals surface area contributed by atoms with Crippen molar-refractivity contribution < 1.29 is 4.42 Å². The molecule has 2 nitrogen and oxygen atoms in total. The van der Waals surface area contributed by atoms with E-state index in [1.165, 1.54) is 70.2 Å². The molecule has 2 atom stereocenters. The fourth-order valence-electron chi connectivity index (χ4n) is 12.7. The van der Waals surface area contributed by atoms with Crippen LogP contribution < -0.4 is 21.5 Å². The summed E-state index contributed by atoms with van der Waals surface area (Å²) in [4.78, 5) is 2.76. The molecular formula is C51H66BNO. The first kappa shape index (κ1) is 36.4. The van der Waals surface area contributed by atoms with Gasteiger partial charge >= 0.3 is 0 Å². The van der Waals surface area contributed by atoms with E-state index < -0.39 is 0 Å². The molecule has 1 aromatic heterocycles. The minimum absolute atomic E-state index is 0.0314. The van der Waals surface area contributed by atoms with Gasteiger partial charge in [0.05, 0.1) is 11.7 Å². The first-order chi connectivity index (χ1) is 25.0. The average Bonchev–Trinajstić information content (AvgIpc) is 3.55. The summed E-state index contributed by atoms with van der Waals surface area (Å²) in [5.41, 5.74) is 18.2. The highest BCUT2D eigenvalue weighted by molar-refractivity contribution is 6.97. The van der Waals surface area contributed by atoms with Gasteiger partial charge in [0.25, 0.3) is 6.71 Å². The molecule has 2 saturated carbocycles. The van der Waals surface area contributed by atoms with Crippen molar-refractivity contribution in [1.82, 2.24) is 0 Å². The monoisotopic (exact) mass is 720 g/mol. The van der Waals surface area contributed by atoms with Crippen LogP contribution in [0.5, 0.6) is 0 Å². The van der Waals surface area contributed by atoms with Crippen LogP contribution in [0.2, 0.25) is 0 Å². The van der Waals surface area contributed by atoms with Gasteiger partial charge in [0.1, 0.15) is 5.76 Å². The van der Waals surface area contributed by atoms with Crippen molar-refractivity contribution in [3.05, 3.63) is 93.3 Å². The maximum Gasteiger partial charge on any atom is 0.291 e. The standard InChI is InChI=1S/C51H66BNO/c1-31-15-18-38-40(23-31)53(33-16-17-34-35(25-33)46(4,5)20-19-45(34,2)3)41-27-37-36(48(8,9)30-49(37,10)11)26-39(41)52(38)44-24-32-29-51(14)43(28-42(32)54-44)47(6,7)21-22-50(51,12)13/h15,17-18,23-28,33H,16,19-22,29-30H2,1-14H3. The van der Waals surface area contributed by atoms with Crippen LogP contribution in [0, 0.1) is 34.0 Å². The number of fused-ring (bicyclic) bond motifs is 6. The van der Waals surface area contributed by atoms with Crippen molar-refractivity contribution in [1.29, 1.82) is 0 Å². The van der Waals surface area contributed by atoms with Crippen LogP contribution in [-0.4, -0.2) is 12.8 Å². The minimum atomic E-state index is 0.0314. The molecule has 2 aromatic carbocycles. The molecule has 284 valence electrons. The van der Waals surface area contributed by atoms with Gasteiger partial charge in [0.15, 0.2) is 0 Å². The molecular weight excluding hydrogens is 653 g/mol. The normalized spacial score (nSPS) is 28.7. The van der Waals surface area contributed by atoms with E-state index in [-0.39, 0.29) is 50.7 Å². The van der Waals surface area contributed by atoms with Crippen LogP contribution in [-0.2, 0) is 17.3 Å². The Balaban J connectivity index is 1.26. The number of benzene rings is 2. The Morgan fingerprint density at radius 2 is 1.30 bits per heavy atom. The van der Waals surface area contributed by atoms with Gasteiger partial charge in [-0.05, 0) is 158 Å². The second kappa shape index (κ2) is 11.0. The quantitative estimate of drug-likeness (QED) is 0.245. The van der Waals surface area contributed by atoms with Crippen molar-refractivity contribution in [2.24, 2.45) is 27.1 Å². The number of allylic oxidation sites excluding steroid dienone is 3. The van der Waals surface area contributed by atoms with Gasteiger partial charge in [-0.3, -0.25) is 0 Å². The summed E-state index contributed by atoms with van der Waals surface area (Å²) < 4.78 is 7.24. The number of hydrogen-bond donors (Lipinski definition) is 0. The number of aryl methyl sites for hydroxylation is 1. The highest BCUT2D eigenvalue weighted by Crippen LogP contribution is 2.63. The van der Waals surface area contributed by atoms with Crippen molar-refractivity contribution in [3.8, 4) is 0 Å². The summed E-state index contributed by atoms with van der Waals surface area (Å²) in [5.74, 6) is 1.10. The molecule has 3 heteroatoms. The fraction of sp³-hybridized carbons (Fsp3) is 0.569. The second-order valence-electron chi connectivity index (χ2n) is 22.9. The second-order valence-corrected chi connectivity index (χ2v) is 22.9. The summed E-state index contributed by atoms with van der Waals surface area (Å²) in [6.07, 6.45) is 16.0. The first-order valence-electron chi connectivity index (χ1n) is 21.3. The number of nitrogens with zero attached hydrogens (tertiary/aromatic N) is 1. The molecule has 0 radical (unpaired) electrons. The van der Waals surface area contributed by atoms with E-state index in [0.717, 1.165) is 30.7 Å². The summed E-state index contributed by atoms with van der Waals surface area (Å²) in [6, 6.07) is 15.2. The molecule has 3 aromatic rings. The lowest BCUT2D eigenvalue weighted by atomic mass is 9.36. The van der Waals surface area contributed by atoms with Crippen LogP contribution in [0.15, 0.2) is 69.7 Å². The third-order valence-corrected chi connectivity index (χ3v) is 16.4. The van der Waals surface area contributed by atoms with Crippen LogP contribution in [0.25, 0.3) is 6.08 Å². The molecule has 0 bridgehead atoms. The molecule has 0 spiro atoms. The molecule has 2 heterocycles. The summed E-state index contributed by atoms with van der Waals surface area (Å²) in [7, 11) is 0. The zero-order valence-corrected chi connectivity index (χ0v) is 36.2. The first-order valence-corrected chi connectivity index (χ1v) is 21.3. The molecule has 6 aliphatic rings. The van der Waals surface area contributed by atoms with Crippen LogP contribution in [0.4, 0.5) is 11.4 Å². The topological polar surface area (TPSA) is 16.4 Å². The Morgan fingerprint density at radius 1 is 0.667 bits per heavy atom. The lowest BCUT2D eigenvalue weighted by Gasteiger charge is -2.57. The summed E-state index contributed by atoms with van der Waals surface area (Å²) in [5, 5.41) is 0. The van der Waals surface area contributed by atoms with Gasteiger partial charge in [-0.1, -0.05) is 126 Å². The highest BCUT2D eigenvalue weighted by atomic mass is 16.3. The molecule has 0 N–H and O–H groups in total. The van der Waals surface area contributed by atoms with Crippen LogP contribution >= 0.6 is 0 Å². The van der Waals surface area contributed by atoms with E-state index in [9.17, 15) is 0 Å². The Kier molecular flexibility index (Phi) is 7.43. The minimum Gasteiger partial charge on any atom is -0.471 e. The number of furan rings is 1. The smallest absolute Gasteiger partial charge is 0.291 e. The van der Waals surface area contributed by atoms with Crippen molar-refractivity contribution >= 4 is 40.7 Å². The molecule has 9 rings (SSSR count). The zero-order chi connectivity index (χ0) is 38.8. The van der Waals surface area contributed by atoms with E-state index in [2.05, 4.69) is 156 Å². The van der Waals surface area contributed by atoms with Gasteiger partial charge in [-0.25, -0.2) is 0 Å². The number of rotatable bonds is 2. The Labute approximate surface area is 328 Å². The van der Waals surface area contributed by atoms with Gasteiger partial charge in [0, 0.05) is 11.4 Å². The van der Waals surface area contributed by atoms with E-state index in [1.807, 2.05) is 0 Å². The highest BCUT2D eigenvalue weighted by Gasteiger charge is 2.54. The van der Waals surface area contributed by atoms with Gasteiger partial charge in [-0.2, -0.15) is 0 Å². The molecule has 0 saturated heterocycles. The molecule has 5 aliphatic carbocycles. The van der Waals surface area contributed by atoms with E-state index in [4.69, 9.17) is 4.42 Å². The largest absolute Gasteiger partial charge is 0.471 e. The molecule has 2 fully saturated rings. The molecule has 1 aliphatic heterocycles. The lowest BCUT2D eigenvalue weighted by Crippen LogP contribution is -2.59. The third kappa shape index (κ3) is 5.04. The average molecular weight is 720 g/mol. The number of hydrogen-bond acceptors (Lipinski definition) is 2. The van der Waals surface area contributed by atoms with E-state index in [1.54, 1.807) is 16.7 Å². The van der Waals surface area contributed by atoms with E-state index >= 15 is 0 Å². The maximum absolute atomic E-state index is 7.24. The predicted octanol–water partition coefficient (Wildman–Crippen LogP) is 11.8.